The smallest absolute Gasteiger partial charge is 0.0735 e. The standard InChI is InChI=1S/C10H16.C6H5OP/c1-7-4-5-8-6-9(7)10(8,2)3;7-8-6-4-2-1-3-5-6/h8H,4-6H2,1-3H3;1-5H/p+1. The van der Waals surface area contributed by atoms with E-state index < -0.39 is 0 Å². The van der Waals surface area contributed by atoms with Crippen LogP contribution in [0.15, 0.2) is 41.5 Å². The lowest BCUT2D eigenvalue weighted by Crippen LogP contribution is -2.41. The fourth-order valence-electron chi connectivity index (χ4n) is 3.11. The zero-order valence-corrected chi connectivity index (χ0v) is 12.5. The van der Waals surface area contributed by atoms with Crippen molar-refractivity contribution in [3.05, 3.63) is 41.5 Å². The third-order valence-electron chi connectivity index (χ3n) is 4.52. The van der Waals surface area contributed by atoms with Gasteiger partial charge >= 0.3 is 8.46 Å². The molecule has 0 radical (unpaired) electrons. The van der Waals surface area contributed by atoms with Gasteiger partial charge in [-0.25, -0.2) is 0 Å². The number of hydrogen-bond donors (Lipinski definition) is 0. The van der Waals surface area contributed by atoms with Crippen LogP contribution < -0.4 is 5.30 Å². The average Bonchev–Trinajstić information content (AvgIpc) is 2.40. The third kappa shape index (κ3) is 2.57. The molecule has 0 aromatic heterocycles. The van der Waals surface area contributed by atoms with Gasteiger partial charge in [0, 0.05) is 0 Å². The minimum Gasteiger partial charge on any atom is -0.0735 e. The highest BCUT2D eigenvalue weighted by molar-refractivity contribution is 7.34. The van der Waals surface area contributed by atoms with Gasteiger partial charge in [-0.15, -0.1) is 0 Å². The van der Waals surface area contributed by atoms with Crippen LogP contribution in [0, 0.1) is 11.3 Å². The van der Waals surface area contributed by atoms with Crippen molar-refractivity contribution in [3.8, 4) is 0 Å². The fourth-order valence-corrected chi connectivity index (χ4v) is 3.44. The topological polar surface area (TPSA) is 17.1 Å². The van der Waals surface area contributed by atoms with Crippen LogP contribution in [0.2, 0.25) is 0 Å². The van der Waals surface area contributed by atoms with Crippen molar-refractivity contribution >= 4 is 13.8 Å². The summed E-state index contributed by atoms with van der Waals surface area (Å²) in [7, 11) is -0.320. The van der Waals surface area contributed by atoms with Crippen LogP contribution >= 0.6 is 8.46 Å². The molecule has 0 spiro atoms. The van der Waals surface area contributed by atoms with E-state index in [4.69, 9.17) is 0 Å². The molecule has 96 valence electrons. The van der Waals surface area contributed by atoms with E-state index in [1.54, 1.807) is 11.1 Å². The highest BCUT2D eigenvalue weighted by Crippen LogP contribution is 2.58. The summed E-state index contributed by atoms with van der Waals surface area (Å²) in [5, 5.41) is 0.882. The van der Waals surface area contributed by atoms with E-state index in [0.717, 1.165) is 11.2 Å². The van der Waals surface area contributed by atoms with Gasteiger partial charge in [0.1, 0.15) is 0 Å². The molecule has 1 aromatic carbocycles. The maximum Gasteiger partial charge on any atom is 0.363 e. The van der Waals surface area contributed by atoms with Crippen molar-refractivity contribution in [2.24, 2.45) is 11.3 Å². The third-order valence-corrected chi connectivity index (χ3v) is 5.09. The number of allylic oxidation sites excluding steroid dienone is 2. The summed E-state index contributed by atoms with van der Waals surface area (Å²) in [6.07, 6.45) is 4.24. The van der Waals surface area contributed by atoms with E-state index in [9.17, 15) is 4.57 Å². The molecule has 3 aliphatic rings. The summed E-state index contributed by atoms with van der Waals surface area (Å²) in [5.41, 5.74) is 4.04. The summed E-state index contributed by atoms with van der Waals surface area (Å²) in [6, 6.07) is 9.33. The van der Waals surface area contributed by atoms with Gasteiger partial charge in [0.05, 0.1) is 0 Å². The second kappa shape index (κ2) is 5.36. The normalized spacial score (nSPS) is 24.1. The van der Waals surface area contributed by atoms with Gasteiger partial charge < -0.3 is 0 Å². The lowest BCUT2D eigenvalue weighted by atomic mass is 9.52. The second-order valence-corrected chi connectivity index (χ2v) is 6.67. The lowest BCUT2D eigenvalue weighted by Gasteiger charge is -2.52. The SMILES string of the molecule is CC1=C2CC(CC1)C2(C)C.O=[PH+]c1ccccc1. The van der Waals surface area contributed by atoms with Crippen molar-refractivity contribution in [2.75, 3.05) is 0 Å². The Balaban J connectivity index is 0.000000138. The van der Waals surface area contributed by atoms with Crippen LogP contribution in [-0.2, 0) is 4.57 Å². The molecule has 0 heterocycles. The van der Waals surface area contributed by atoms with Crippen LogP contribution in [0.3, 0.4) is 0 Å². The van der Waals surface area contributed by atoms with Gasteiger partial charge in [0.15, 0.2) is 5.30 Å². The molecular weight excluding hydrogens is 239 g/mol. The van der Waals surface area contributed by atoms with Gasteiger partial charge in [-0.1, -0.05) is 47.8 Å². The van der Waals surface area contributed by atoms with Gasteiger partial charge in [-0.2, -0.15) is 0 Å². The van der Waals surface area contributed by atoms with Crippen LogP contribution in [0.25, 0.3) is 0 Å². The summed E-state index contributed by atoms with van der Waals surface area (Å²) in [5.74, 6) is 1.02. The zero-order chi connectivity index (χ0) is 13.2. The highest BCUT2D eigenvalue weighted by Gasteiger charge is 2.46. The maximum atomic E-state index is 10.2. The van der Waals surface area contributed by atoms with E-state index in [-0.39, 0.29) is 8.46 Å². The molecule has 0 amide bonds. The number of benzene rings is 1. The van der Waals surface area contributed by atoms with Crippen molar-refractivity contribution in [2.45, 2.75) is 40.0 Å². The Hall–Kier alpha value is -0.940. The highest BCUT2D eigenvalue weighted by atomic mass is 31.1. The van der Waals surface area contributed by atoms with Crippen LogP contribution in [-0.4, -0.2) is 0 Å². The molecule has 1 saturated carbocycles. The quantitative estimate of drug-likeness (QED) is 0.538. The molecule has 1 fully saturated rings. The number of rotatable bonds is 1. The maximum absolute atomic E-state index is 10.2. The molecule has 2 unspecified atom stereocenters. The van der Waals surface area contributed by atoms with Gasteiger partial charge in [-0.05, 0) is 49.7 Å². The van der Waals surface area contributed by atoms with E-state index in [0.29, 0.717) is 5.41 Å². The predicted octanol–water partition coefficient (Wildman–Crippen LogP) is 4.48. The van der Waals surface area contributed by atoms with Gasteiger partial charge in [-0.3, -0.25) is 0 Å². The molecule has 2 heteroatoms. The molecule has 1 nitrogen and oxygen atoms in total. The number of fused-ring (bicyclic) bond motifs is 2. The summed E-state index contributed by atoms with van der Waals surface area (Å²) < 4.78 is 10.2. The molecule has 18 heavy (non-hydrogen) atoms. The monoisotopic (exact) mass is 261 g/mol. The van der Waals surface area contributed by atoms with E-state index in [1.807, 2.05) is 30.3 Å². The molecule has 0 N–H and O–H groups in total. The molecule has 0 saturated heterocycles. The Labute approximate surface area is 112 Å². The Bertz CT molecular complexity index is 459. The Morgan fingerprint density at radius 1 is 1.22 bits per heavy atom. The number of hydrogen-bond acceptors (Lipinski definition) is 1. The first-order chi connectivity index (χ1) is 8.55. The average molecular weight is 261 g/mol. The van der Waals surface area contributed by atoms with Crippen LogP contribution in [0.5, 0.6) is 0 Å². The fraction of sp³-hybridized carbons (Fsp3) is 0.500. The second-order valence-electron chi connectivity index (χ2n) is 5.89. The van der Waals surface area contributed by atoms with Crippen molar-refractivity contribution < 1.29 is 4.57 Å². The Morgan fingerprint density at radius 3 is 2.22 bits per heavy atom. The molecule has 4 rings (SSSR count). The van der Waals surface area contributed by atoms with Crippen molar-refractivity contribution in [1.29, 1.82) is 0 Å². The predicted molar refractivity (Wildman–Crippen MR) is 78.9 cm³/mol. The minimum absolute atomic E-state index is 0.320. The first kappa shape index (κ1) is 13.5. The minimum atomic E-state index is -0.320. The van der Waals surface area contributed by atoms with E-state index in [2.05, 4.69) is 20.8 Å². The first-order valence-corrected chi connectivity index (χ1v) is 7.59. The molecule has 2 atom stereocenters. The van der Waals surface area contributed by atoms with Crippen molar-refractivity contribution in [1.82, 2.24) is 0 Å². The largest absolute Gasteiger partial charge is 0.363 e. The van der Waals surface area contributed by atoms with E-state index >= 15 is 0 Å². The summed E-state index contributed by atoms with van der Waals surface area (Å²) in [4.78, 5) is 0. The molecule has 3 aliphatic carbocycles. The first-order valence-electron chi connectivity index (χ1n) is 6.68. The zero-order valence-electron chi connectivity index (χ0n) is 11.5. The lowest BCUT2D eigenvalue weighted by molar-refractivity contribution is 0.133. The van der Waals surface area contributed by atoms with Crippen molar-refractivity contribution in [3.63, 3.8) is 0 Å². The molecular formula is C16H22OP+. The summed E-state index contributed by atoms with van der Waals surface area (Å²) in [6.45, 7) is 7.12. The Morgan fingerprint density at radius 2 is 1.89 bits per heavy atom. The Kier molecular flexibility index (Phi) is 4.02. The molecule has 1 aromatic rings. The molecule has 2 bridgehead atoms. The van der Waals surface area contributed by atoms with Gasteiger partial charge in [0.25, 0.3) is 0 Å². The van der Waals surface area contributed by atoms with E-state index in [1.165, 1.54) is 19.3 Å². The van der Waals surface area contributed by atoms with Crippen LogP contribution in [0.1, 0.15) is 40.0 Å². The molecule has 0 aliphatic heterocycles. The summed E-state index contributed by atoms with van der Waals surface area (Å²) >= 11 is 0. The van der Waals surface area contributed by atoms with Crippen LogP contribution in [0.4, 0.5) is 0 Å². The van der Waals surface area contributed by atoms with Gasteiger partial charge in [0.2, 0.25) is 0 Å².